The number of anilines is 1. The highest BCUT2D eigenvalue weighted by molar-refractivity contribution is 5.85. The molecule has 11 heteroatoms. The van der Waals surface area contributed by atoms with E-state index in [0.29, 0.717) is 35.3 Å². The Balaban J connectivity index is 1.10. The minimum Gasteiger partial charge on any atom is -0.479 e. The maximum Gasteiger partial charge on any atom is 0.250 e. The summed E-state index contributed by atoms with van der Waals surface area (Å²) in [7, 11) is 1.41. The first-order valence-electron chi connectivity index (χ1n) is 13.3. The van der Waals surface area contributed by atoms with Crippen molar-refractivity contribution in [1.29, 1.82) is 5.26 Å². The molecule has 206 valence electrons. The summed E-state index contributed by atoms with van der Waals surface area (Å²) >= 11 is 0. The van der Waals surface area contributed by atoms with Crippen LogP contribution in [0.3, 0.4) is 0 Å². The van der Waals surface area contributed by atoms with E-state index in [1.165, 1.54) is 19.4 Å². The van der Waals surface area contributed by atoms with Crippen LogP contribution in [0.4, 0.5) is 10.2 Å². The Morgan fingerprint density at radius 1 is 1.17 bits per heavy atom. The molecule has 0 spiro atoms. The number of pyridine rings is 3. The van der Waals surface area contributed by atoms with Gasteiger partial charge >= 0.3 is 0 Å². The summed E-state index contributed by atoms with van der Waals surface area (Å²) in [5, 5.41) is 24.3. The fourth-order valence-corrected chi connectivity index (χ4v) is 5.83. The van der Waals surface area contributed by atoms with Crippen molar-refractivity contribution in [1.82, 2.24) is 24.5 Å². The second-order valence-electron chi connectivity index (χ2n) is 10.7. The van der Waals surface area contributed by atoms with Gasteiger partial charge in [0.25, 0.3) is 0 Å². The number of rotatable bonds is 5. The van der Waals surface area contributed by atoms with Gasteiger partial charge in [-0.15, -0.1) is 0 Å². The third-order valence-corrected chi connectivity index (χ3v) is 8.00. The number of hydrogen-bond acceptors (Lipinski definition) is 9. The number of aliphatic hydroxyl groups is 1. The van der Waals surface area contributed by atoms with E-state index in [9.17, 15) is 14.8 Å². The van der Waals surface area contributed by atoms with Gasteiger partial charge in [0.1, 0.15) is 11.9 Å². The lowest BCUT2D eigenvalue weighted by Crippen LogP contribution is -2.68. The maximum absolute atomic E-state index is 14.1. The van der Waals surface area contributed by atoms with Gasteiger partial charge in [0.2, 0.25) is 5.88 Å². The number of aromatic nitrogens is 4. The fourth-order valence-electron chi connectivity index (χ4n) is 5.83. The van der Waals surface area contributed by atoms with Gasteiger partial charge in [0.05, 0.1) is 37.6 Å². The Morgan fingerprint density at radius 2 is 2.00 bits per heavy atom. The predicted molar refractivity (Wildman–Crippen MR) is 146 cm³/mol. The number of fused-ring (bicyclic) bond motifs is 3. The van der Waals surface area contributed by atoms with Crippen molar-refractivity contribution in [3.05, 3.63) is 71.6 Å². The summed E-state index contributed by atoms with van der Waals surface area (Å²) in [6, 6.07) is 10.3. The largest absolute Gasteiger partial charge is 0.479 e. The lowest BCUT2D eigenvalue weighted by molar-refractivity contribution is -0.140. The average Bonchev–Trinajstić information content (AvgIpc) is 3.41. The van der Waals surface area contributed by atoms with Crippen molar-refractivity contribution in [2.45, 2.75) is 30.7 Å². The molecule has 2 unspecified atom stereocenters. The lowest BCUT2D eigenvalue weighted by Gasteiger charge is -2.56. The minimum absolute atomic E-state index is 0.0121. The predicted octanol–water partition coefficient (Wildman–Crippen LogP) is 2.39. The molecule has 8 heterocycles. The van der Waals surface area contributed by atoms with E-state index in [1.807, 2.05) is 24.4 Å². The van der Waals surface area contributed by atoms with Crippen molar-refractivity contribution in [2.75, 3.05) is 38.3 Å². The first kappa shape index (κ1) is 25.4. The zero-order valence-corrected chi connectivity index (χ0v) is 22.3. The zero-order valence-electron chi connectivity index (χ0n) is 22.3. The van der Waals surface area contributed by atoms with Gasteiger partial charge in [0.15, 0.2) is 11.4 Å². The highest BCUT2D eigenvalue weighted by Gasteiger charge is 2.44. The summed E-state index contributed by atoms with van der Waals surface area (Å²) in [6.07, 6.45) is 7.87. The van der Waals surface area contributed by atoms with E-state index in [4.69, 9.17) is 14.5 Å². The highest BCUT2D eigenvalue weighted by Crippen LogP contribution is 2.36. The molecule has 4 aromatic heterocycles. The van der Waals surface area contributed by atoms with Crippen LogP contribution in [0.1, 0.15) is 23.1 Å². The van der Waals surface area contributed by atoms with Crippen LogP contribution in [0.15, 0.2) is 49.1 Å². The molecule has 4 aliphatic rings. The molecule has 2 bridgehead atoms. The van der Waals surface area contributed by atoms with Crippen LogP contribution in [-0.4, -0.2) is 80.7 Å². The van der Waals surface area contributed by atoms with Crippen molar-refractivity contribution in [3.8, 4) is 34.9 Å². The Kier molecular flexibility index (Phi) is 6.09. The van der Waals surface area contributed by atoms with Gasteiger partial charge in [-0.3, -0.25) is 4.90 Å². The molecule has 0 aliphatic carbocycles. The van der Waals surface area contributed by atoms with E-state index in [2.05, 4.69) is 37.8 Å². The van der Waals surface area contributed by atoms with Crippen LogP contribution in [0.5, 0.6) is 5.88 Å². The van der Waals surface area contributed by atoms with Crippen LogP contribution >= 0.6 is 0 Å². The molecular formula is C30H26FN7O3. The number of nitriles is 1. The Morgan fingerprint density at radius 3 is 2.66 bits per heavy atom. The zero-order chi connectivity index (χ0) is 28.1. The van der Waals surface area contributed by atoms with Gasteiger partial charge in [-0.25, -0.2) is 18.9 Å². The minimum atomic E-state index is -1.13. The van der Waals surface area contributed by atoms with Crippen molar-refractivity contribution in [3.63, 3.8) is 0 Å². The van der Waals surface area contributed by atoms with Gasteiger partial charge in [-0.05, 0) is 36.2 Å². The summed E-state index contributed by atoms with van der Waals surface area (Å²) in [5.41, 5.74) is 3.12. The number of methoxy groups -OCH3 is 1. The van der Waals surface area contributed by atoms with E-state index in [-0.39, 0.29) is 19.1 Å². The molecular weight excluding hydrogens is 525 g/mol. The molecule has 41 heavy (non-hydrogen) atoms. The monoisotopic (exact) mass is 551 g/mol. The highest BCUT2D eigenvalue weighted by atomic mass is 19.1. The second-order valence-corrected chi connectivity index (χ2v) is 10.7. The maximum atomic E-state index is 14.1. The van der Waals surface area contributed by atoms with Gasteiger partial charge in [-0.1, -0.05) is 11.8 Å². The molecule has 4 saturated heterocycles. The molecule has 0 saturated carbocycles. The van der Waals surface area contributed by atoms with Crippen LogP contribution in [0.25, 0.3) is 16.6 Å². The van der Waals surface area contributed by atoms with Crippen LogP contribution in [0, 0.1) is 29.0 Å². The van der Waals surface area contributed by atoms with E-state index in [1.54, 1.807) is 16.9 Å². The van der Waals surface area contributed by atoms with E-state index < -0.39 is 11.4 Å². The number of hydrogen-bond donors (Lipinski definition) is 1. The van der Waals surface area contributed by atoms with Crippen molar-refractivity contribution < 1.29 is 19.0 Å². The SMILES string of the molecule is COc1ncc(CN2C3CC2CN(c2ccc(-c4cc(C#CC5(O)COC5)cn5ncc(C#N)c45)cn2)C3)cc1F. The van der Waals surface area contributed by atoms with Gasteiger partial charge < -0.3 is 19.5 Å². The first-order chi connectivity index (χ1) is 19.9. The summed E-state index contributed by atoms with van der Waals surface area (Å²) < 4.78 is 25.8. The van der Waals surface area contributed by atoms with Crippen molar-refractivity contribution >= 4 is 11.3 Å². The quantitative estimate of drug-likeness (QED) is 0.374. The Bertz CT molecular complexity index is 1740. The molecule has 8 rings (SSSR count). The number of halogens is 1. The van der Waals surface area contributed by atoms with Crippen LogP contribution in [-0.2, 0) is 11.3 Å². The van der Waals surface area contributed by atoms with Gasteiger partial charge in [0, 0.05) is 67.0 Å². The molecule has 0 amide bonds. The number of ether oxygens (including phenoxy) is 2. The Labute approximate surface area is 235 Å². The standard InChI is InChI=1S/C30H26FN7O3/c1-40-29-26(31)7-20(10-34-29)13-37-23-8-24(37)16-36(15-23)27-3-2-21(11-33-27)25-6-19(4-5-30(39)17-41-18-30)14-38-28(25)22(9-32)12-35-38/h2-3,6-7,10-12,14,23-24,39H,8,13,15-18H2,1H3. The first-order valence-corrected chi connectivity index (χ1v) is 13.3. The van der Waals surface area contributed by atoms with Crippen LogP contribution < -0.4 is 9.64 Å². The third-order valence-electron chi connectivity index (χ3n) is 8.00. The average molecular weight is 552 g/mol. The molecule has 4 aliphatic heterocycles. The summed E-state index contributed by atoms with van der Waals surface area (Å²) in [4.78, 5) is 13.5. The number of piperazine rings is 1. The molecule has 4 fully saturated rings. The molecule has 4 aromatic rings. The van der Waals surface area contributed by atoms with Crippen molar-refractivity contribution in [2.24, 2.45) is 0 Å². The fraction of sp³-hybridized carbons (Fsp3) is 0.333. The number of nitrogens with zero attached hydrogens (tertiary/aromatic N) is 7. The normalized spacial score (nSPS) is 20.9. The molecule has 10 nitrogen and oxygen atoms in total. The smallest absolute Gasteiger partial charge is 0.250 e. The van der Waals surface area contributed by atoms with Gasteiger partial charge in [-0.2, -0.15) is 10.4 Å². The Hall–Kier alpha value is -4.55. The van der Waals surface area contributed by atoms with E-state index in [0.717, 1.165) is 42.0 Å². The number of piperidine rings is 1. The molecule has 1 N–H and O–H groups in total. The topological polar surface area (TPSA) is 112 Å². The molecule has 2 atom stereocenters. The third kappa shape index (κ3) is 4.54. The molecule has 0 aromatic carbocycles. The summed E-state index contributed by atoms with van der Waals surface area (Å²) in [5.74, 6) is 6.37. The van der Waals surface area contributed by atoms with E-state index >= 15 is 0 Å². The lowest BCUT2D eigenvalue weighted by atomic mass is 9.87. The summed E-state index contributed by atoms with van der Waals surface area (Å²) in [6.45, 7) is 2.69. The molecule has 0 radical (unpaired) electrons. The second kappa shape index (κ2) is 9.82. The van der Waals surface area contributed by atoms with Crippen LogP contribution in [0.2, 0.25) is 0 Å².